The van der Waals surface area contributed by atoms with E-state index in [0.29, 0.717) is 11.3 Å². The smallest absolute Gasteiger partial charge is 0.325 e. The SMILES string of the molecule is CC(C)(C)c1ccc(C(=O)NCC(=O)OCc2ccccn2)cc1. The fraction of sp³-hybridized carbons (Fsp3) is 0.316. The number of esters is 1. The van der Waals surface area contributed by atoms with Crippen LogP contribution in [0.25, 0.3) is 0 Å². The van der Waals surface area contributed by atoms with Crippen molar-refractivity contribution in [3.63, 3.8) is 0 Å². The topological polar surface area (TPSA) is 68.3 Å². The van der Waals surface area contributed by atoms with Crippen LogP contribution in [0, 0.1) is 0 Å². The van der Waals surface area contributed by atoms with Crippen molar-refractivity contribution in [3.05, 3.63) is 65.5 Å². The third-order valence-electron chi connectivity index (χ3n) is 3.51. The number of carbonyl (C=O) groups excluding carboxylic acids is 2. The Morgan fingerprint density at radius 3 is 2.38 bits per heavy atom. The zero-order valence-corrected chi connectivity index (χ0v) is 14.2. The van der Waals surface area contributed by atoms with Gasteiger partial charge in [-0.25, -0.2) is 0 Å². The molecule has 0 aliphatic heterocycles. The summed E-state index contributed by atoms with van der Waals surface area (Å²) >= 11 is 0. The van der Waals surface area contributed by atoms with Crippen LogP contribution in [0.2, 0.25) is 0 Å². The summed E-state index contributed by atoms with van der Waals surface area (Å²) in [6, 6.07) is 12.7. The number of ether oxygens (including phenoxy) is 1. The summed E-state index contributed by atoms with van der Waals surface area (Å²) in [6.07, 6.45) is 1.63. The minimum absolute atomic E-state index is 0.0320. The molecule has 1 N–H and O–H groups in total. The molecule has 5 nitrogen and oxygen atoms in total. The molecule has 0 saturated heterocycles. The standard InChI is InChI=1S/C19H22N2O3/c1-19(2,3)15-9-7-14(8-10-15)18(23)21-12-17(22)24-13-16-6-4-5-11-20-16/h4-11H,12-13H2,1-3H3,(H,21,23). The van der Waals surface area contributed by atoms with Crippen molar-refractivity contribution in [1.82, 2.24) is 10.3 Å². The summed E-state index contributed by atoms with van der Waals surface area (Å²) in [6.45, 7) is 6.25. The van der Waals surface area contributed by atoms with E-state index in [1.165, 1.54) is 0 Å². The summed E-state index contributed by atoms with van der Waals surface area (Å²) in [7, 11) is 0. The molecule has 24 heavy (non-hydrogen) atoms. The van der Waals surface area contributed by atoms with Gasteiger partial charge < -0.3 is 10.1 Å². The monoisotopic (exact) mass is 326 g/mol. The lowest BCUT2D eigenvalue weighted by molar-refractivity contribution is -0.143. The highest BCUT2D eigenvalue weighted by molar-refractivity contribution is 5.95. The summed E-state index contributed by atoms with van der Waals surface area (Å²) in [5.74, 6) is -0.800. The van der Waals surface area contributed by atoms with Gasteiger partial charge in [-0.1, -0.05) is 39.0 Å². The van der Waals surface area contributed by atoms with E-state index in [-0.39, 0.29) is 24.5 Å². The predicted octanol–water partition coefficient (Wildman–Crippen LogP) is 2.85. The average Bonchev–Trinajstić information content (AvgIpc) is 2.58. The van der Waals surface area contributed by atoms with Gasteiger partial charge >= 0.3 is 5.97 Å². The van der Waals surface area contributed by atoms with Crippen molar-refractivity contribution in [2.75, 3.05) is 6.54 Å². The van der Waals surface area contributed by atoms with E-state index >= 15 is 0 Å². The number of pyridine rings is 1. The number of hydrogen-bond donors (Lipinski definition) is 1. The van der Waals surface area contributed by atoms with E-state index < -0.39 is 5.97 Å². The van der Waals surface area contributed by atoms with Crippen LogP contribution in [-0.2, 0) is 21.6 Å². The number of nitrogens with zero attached hydrogens (tertiary/aromatic N) is 1. The first-order chi connectivity index (χ1) is 11.4. The first-order valence-electron chi connectivity index (χ1n) is 7.80. The van der Waals surface area contributed by atoms with E-state index in [1.807, 2.05) is 18.2 Å². The second kappa shape index (κ2) is 7.73. The highest BCUT2D eigenvalue weighted by Gasteiger charge is 2.14. The van der Waals surface area contributed by atoms with Crippen LogP contribution in [0.4, 0.5) is 0 Å². The zero-order valence-electron chi connectivity index (χ0n) is 14.2. The largest absolute Gasteiger partial charge is 0.458 e. The highest BCUT2D eigenvalue weighted by atomic mass is 16.5. The molecule has 2 rings (SSSR count). The van der Waals surface area contributed by atoms with Gasteiger partial charge in [0.1, 0.15) is 13.2 Å². The Morgan fingerprint density at radius 1 is 1.08 bits per heavy atom. The normalized spacial score (nSPS) is 11.0. The minimum Gasteiger partial charge on any atom is -0.458 e. The molecule has 1 aromatic heterocycles. The van der Waals surface area contributed by atoms with Crippen LogP contribution >= 0.6 is 0 Å². The molecule has 0 radical (unpaired) electrons. The van der Waals surface area contributed by atoms with Crippen LogP contribution in [0.15, 0.2) is 48.7 Å². The Bertz CT molecular complexity index is 689. The first-order valence-corrected chi connectivity index (χ1v) is 7.80. The molecule has 5 heteroatoms. The lowest BCUT2D eigenvalue weighted by atomic mass is 9.87. The maximum absolute atomic E-state index is 12.1. The van der Waals surface area contributed by atoms with Crippen molar-refractivity contribution in [3.8, 4) is 0 Å². The second-order valence-electron chi connectivity index (χ2n) is 6.49. The summed E-state index contributed by atoms with van der Waals surface area (Å²) in [5, 5.41) is 2.56. The van der Waals surface area contributed by atoms with Gasteiger partial charge in [-0.15, -0.1) is 0 Å². The Labute approximate surface area is 142 Å². The van der Waals surface area contributed by atoms with E-state index in [9.17, 15) is 9.59 Å². The maximum Gasteiger partial charge on any atom is 0.325 e. The molecule has 1 heterocycles. The van der Waals surface area contributed by atoms with Crippen molar-refractivity contribution in [1.29, 1.82) is 0 Å². The molecule has 0 unspecified atom stereocenters. The number of rotatable bonds is 5. The van der Waals surface area contributed by atoms with Crippen molar-refractivity contribution < 1.29 is 14.3 Å². The lowest BCUT2D eigenvalue weighted by Crippen LogP contribution is -2.30. The molecule has 1 aromatic carbocycles. The third kappa shape index (κ3) is 5.19. The van der Waals surface area contributed by atoms with E-state index in [0.717, 1.165) is 5.56 Å². The molecule has 126 valence electrons. The third-order valence-corrected chi connectivity index (χ3v) is 3.51. The molecule has 0 bridgehead atoms. The number of benzene rings is 1. The molecule has 1 amide bonds. The molecule has 0 aliphatic rings. The quantitative estimate of drug-likeness (QED) is 0.858. The van der Waals surface area contributed by atoms with E-state index in [1.54, 1.807) is 30.5 Å². The van der Waals surface area contributed by atoms with Gasteiger partial charge in [-0.3, -0.25) is 14.6 Å². The number of hydrogen-bond acceptors (Lipinski definition) is 4. The van der Waals surface area contributed by atoms with Gasteiger partial charge in [0.25, 0.3) is 5.91 Å². The molecular formula is C19H22N2O3. The highest BCUT2D eigenvalue weighted by Crippen LogP contribution is 2.22. The summed E-state index contributed by atoms with van der Waals surface area (Å²) < 4.78 is 5.06. The van der Waals surface area contributed by atoms with Gasteiger partial charge in [0.2, 0.25) is 0 Å². The molecule has 0 atom stereocenters. The Hall–Kier alpha value is -2.69. The molecular weight excluding hydrogens is 304 g/mol. The summed E-state index contributed by atoms with van der Waals surface area (Å²) in [5.41, 5.74) is 2.36. The number of nitrogens with one attached hydrogen (secondary N) is 1. The van der Waals surface area contributed by atoms with Crippen molar-refractivity contribution in [2.24, 2.45) is 0 Å². The maximum atomic E-state index is 12.1. The first kappa shape index (κ1) is 17.7. The van der Waals surface area contributed by atoms with Crippen LogP contribution in [0.3, 0.4) is 0 Å². The van der Waals surface area contributed by atoms with Crippen LogP contribution in [-0.4, -0.2) is 23.4 Å². The lowest BCUT2D eigenvalue weighted by Gasteiger charge is -2.19. The molecule has 0 fully saturated rings. The van der Waals surface area contributed by atoms with Gasteiger partial charge in [-0.05, 0) is 35.2 Å². The zero-order chi connectivity index (χ0) is 17.6. The van der Waals surface area contributed by atoms with Crippen LogP contribution in [0.5, 0.6) is 0 Å². The molecule has 0 aliphatic carbocycles. The summed E-state index contributed by atoms with van der Waals surface area (Å²) in [4.78, 5) is 27.8. The molecule has 0 saturated carbocycles. The number of carbonyl (C=O) groups is 2. The van der Waals surface area contributed by atoms with E-state index in [2.05, 4.69) is 31.1 Å². The fourth-order valence-electron chi connectivity index (χ4n) is 2.07. The number of amides is 1. The Kier molecular flexibility index (Phi) is 5.68. The fourth-order valence-corrected chi connectivity index (χ4v) is 2.07. The van der Waals surface area contributed by atoms with Crippen LogP contribution in [0.1, 0.15) is 42.4 Å². The van der Waals surface area contributed by atoms with Crippen LogP contribution < -0.4 is 5.32 Å². The van der Waals surface area contributed by atoms with E-state index in [4.69, 9.17) is 4.74 Å². The van der Waals surface area contributed by atoms with Crippen molar-refractivity contribution in [2.45, 2.75) is 32.8 Å². The van der Waals surface area contributed by atoms with Crippen molar-refractivity contribution >= 4 is 11.9 Å². The predicted molar refractivity (Wildman–Crippen MR) is 91.5 cm³/mol. The Morgan fingerprint density at radius 2 is 1.79 bits per heavy atom. The van der Waals surface area contributed by atoms with Gasteiger partial charge in [-0.2, -0.15) is 0 Å². The van der Waals surface area contributed by atoms with Gasteiger partial charge in [0.15, 0.2) is 0 Å². The molecule has 2 aromatic rings. The number of aromatic nitrogens is 1. The second-order valence-corrected chi connectivity index (χ2v) is 6.49. The Balaban J connectivity index is 1.81. The van der Waals surface area contributed by atoms with Gasteiger partial charge in [0.05, 0.1) is 5.69 Å². The van der Waals surface area contributed by atoms with Gasteiger partial charge in [0, 0.05) is 11.8 Å². The molecule has 0 spiro atoms. The minimum atomic E-state index is -0.500. The average molecular weight is 326 g/mol.